The van der Waals surface area contributed by atoms with E-state index in [4.69, 9.17) is 9.57 Å². The van der Waals surface area contributed by atoms with Gasteiger partial charge < -0.3 is 4.74 Å². The number of likely N-dealkylation sites (N-methyl/N-ethyl adjacent to an activating group) is 1. The molecule has 11 heavy (non-hydrogen) atoms. The van der Waals surface area contributed by atoms with Crippen LogP contribution >= 0.6 is 0 Å². The van der Waals surface area contributed by atoms with Crippen LogP contribution in [0.5, 0.6) is 0 Å². The number of nitrogens with zero attached hydrogens (tertiary/aromatic N) is 1. The molecule has 0 amide bonds. The minimum atomic E-state index is -0.223. The third kappa shape index (κ3) is 2.86. The number of carbonyl (C=O) groups is 1. The number of hydrogen-bond acceptors (Lipinski definition) is 4. The molecule has 4 heteroatoms. The standard InChI is InChI=1S/C7H13NO3/c1-6-3-4-10-7(9)5-8(2)11-6/h6H,3-5H2,1-2H3/t6-/m0/s1. The third-order valence-electron chi connectivity index (χ3n) is 1.50. The Labute approximate surface area is 66.0 Å². The van der Waals surface area contributed by atoms with Crippen LogP contribution in [0, 0.1) is 0 Å². The van der Waals surface area contributed by atoms with Gasteiger partial charge in [-0.3, -0.25) is 9.63 Å². The van der Waals surface area contributed by atoms with E-state index in [9.17, 15) is 4.79 Å². The molecule has 1 fully saturated rings. The van der Waals surface area contributed by atoms with Crippen LogP contribution in [0.15, 0.2) is 0 Å². The van der Waals surface area contributed by atoms with E-state index in [1.807, 2.05) is 6.92 Å². The first-order chi connectivity index (χ1) is 5.18. The van der Waals surface area contributed by atoms with Crippen molar-refractivity contribution in [1.82, 2.24) is 5.06 Å². The van der Waals surface area contributed by atoms with E-state index in [1.54, 1.807) is 7.05 Å². The van der Waals surface area contributed by atoms with Gasteiger partial charge in [0.2, 0.25) is 0 Å². The Balaban J connectivity index is 2.40. The summed E-state index contributed by atoms with van der Waals surface area (Å²) in [5, 5.41) is 1.51. The van der Waals surface area contributed by atoms with Crippen molar-refractivity contribution in [2.75, 3.05) is 20.2 Å². The van der Waals surface area contributed by atoms with Crippen molar-refractivity contribution in [3.8, 4) is 0 Å². The highest BCUT2D eigenvalue weighted by Gasteiger charge is 2.15. The molecular formula is C7H13NO3. The van der Waals surface area contributed by atoms with E-state index < -0.39 is 0 Å². The summed E-state index contributed by atoms with van der Waals surface area (Å²) in [6.45, 7) is 2.63. The fourth-order valence-corrected chi connectivity index (χ4v) is 0.963. The molecule has 1 aliphatic heterocycles. The van der Waals surface area contributed by atoms with Gasteiger partial charge in [0.1, 0.15) is 6.54 Å². The average Bonchev–Trinajstić information content (AvgIpc) is 1.83. The van der Waals surface area contributed by atoms with Crippen LogP contribution in [0.3, 0.4) is 0 Å². The number of carbonyl (C=O) groups excluding carboxylic acids is 1. The van der Waals surface area contributed by atoms with E-state index >= 15 is 0 Å². The van der Waals surface area contributed by atoms with Gasteiger partial charge in [-0.25, -0.2) is 0 Å². The Hall–Kier alpha value is -0.610. The first-order valence-electron chi connectivity index (χ1n) is 3.72. The molecule has 0 N–H and O–H groups in total. The molecule has 0 saturated carbocycles. The van der Waals surface area contributed by atoms with E-state index in [0.29, 0.717) is 6.61 Å². The van der Waals surface area contributed by atoms with Crippen molar-refractivity contribution in [2.45, 2.75) is 19.4 Å². The monoisotopic (exact) mass is 159 g/mol. The molecule has 1 atom stereocenters. The van der Waals surface area contributed by atoms with Crippen LogP contribution in [-0.4, -0.2) is 37.3 Å². The lowest BCUT2D eigenvalue weighted by Crippen LogP contribution is -2.34. The smallest absolute Gasteiger partial charge is 0.322 e. The number of rotatable bonds is 0. The number of ether oxygens (including phenoxy) is 1. The SMILES string of the molecule is C[C@H]1CCOC(=O)CN(C)O1. The Morgan fingerprint density at radius 2 is 2.36 bits per heavy atom. The highest BCUT2D eigenvalue weighted by atomic mass is 16.7. The molecule has 64 valence electrons. The van der Waals surface area contributed by atoms with Crippen LogP contribution in [0.4, 0.5) is 0 Å². The molecule has 0 aromatic rings. The quantitative estimate of drug-likeness (QED) is 0.473. The van der Waals surface area contributed by atoms with Gasteiger partial charge >= 0.3 is 5.97 Å². The van der Waals surface area contributed by atoms with Gasteiger partial charge in [0.15, 0.2) is 0 Å². The average molecular weight is 159 g/mol. The molecule has 0 aromatic carbocycles. The van der Waals surface area contributed by atoms with Crippen LogP contribution in [0.2, 0.25) is 0 Å². The Bertz CT molecular complexity index is 149. The zero-order valence-electron chi connectivity index (χ0n) is 6.87. The third-order valence-corrected chi connectivity index (χ3v) is 1.50. The lowest BCUT2D eigenvalue weighted by molar-refractivity contribution is -0.202. The molecule has 4 nitrogen and oxygen atoms in total. The van der Waals surface area contributed by atoms with E-state index in [0.717, 1.165) is 6.42 Å². The van der Waals surface area contributed by atoms with Crippen molar-refractivity contribution in [1.29, 1.82) is 0 Å². The second-order valence-corrected chi connectivity index (χ2v) is 2.71. The number of cyclic esters (lactones) is 1. The van der Waals surface area contributed by atoms with Crippen molar-refractivity contribution in [3.63, 3.8) is 0 Å². The van der Waals surface area contributed by atoms with Crippen molar-refractivity contribution < 1.29 is 14.4 Å². The maximum Gasteiger partial charge on any atom is 0.322 e. The molecular weight excluding hydrogens is 146 g/mol. The van der Waals surface area contributed by atoms with E-state index in [1.165, 1.54) is 5.06 Å². The van der Waals surface area contributed by atoms with E-state index in [-0.39, 0.29) is 18.6 Å². The molecule has 1 aliphatic rings. The van der Waals surface area contributed by atoms with Crippen molar-refractivity contribution >= 4 is 5.97 Å². The largest absolute Gasteiger partial charge is 0.465 e. The summed E-state index contributed by atoms with van der Waals surface area (Å²) in [4.78, 5) is 16.1. The molecule has 0 unspecified atom stereocenters. The Kier molecular flexibility index (Phi) is 2.84. The zero-order valence-corrected chi connectivity index (χ0v) is 6.87. The molecule has 0 aromatic heterocycles. The predicted molar refractivity (Wildman–Crippen MR) is 38.8 cm³/mol. The van der Waals surface area contributed by atoms with Gasteiger partial charge in [0, 0.05) is 13.5 Å². The van der Waals surface area contributed by atoms with Crippen LogP contribution in [0.1, 0.15) is 13.3 Å². The first kappa shape index (κ1) is 8.49. The molecule has 1 rings (SSSR count). The molecule has 0 spiro atoms. The number of hydroxylamine groups is 2. The van der Waals surface area contributed by atoms with Gasteiger partial charge in [-0.15, -0.1) is 0 Å². The predicted octanol–water partition coefficient (Wildman–Crippen LogP) is 0.185. The molecule has 1 heterocycles. The second-order valence-electron chi connectivity index (χ2n) is 2.71. The van der Waals surface area contributed by atoms with Crippen LogP contribution in [-0.2, 0) is 14.4 Å². The Morgan fingerprint density at radius 1 is 1.64 bits per heavy atom. The summed E-state index contributed by atoms with van der Waals surface area (Å²) < 4.78 is 4.86. The van der Waals surface area contributed by atoms with Gasteiger partial charge in [0.05, 0.1) is 12.7 Å². The lowest BCUT2D eigenvalue weighted by Gasteiger charge is -2.23. The minimum absolute atomic E-state index is 0.132. The lowest BCUT2D eigenvalue weighted by atomic mass is 10.3. The number of hydrogen-bond donors (Lipinski definition) is 0. The minimum Gasteiger partial charge on any atom is -0.465 e. The fourth-order valence-electron chi connectivity index (χ4n) is 0.963. The van der Waals surface area contributed by atoms with E-state index in [2.05, 4.69) is 0 Å². The topological polar surface area (TPSA) is 38.8 Å². The zero-order chi connectivity index (χ0) is 8.27. The summed E-state index contributed by atoms with van der Waals surface area (Å²) >= 11 is 0. The van der Waals surface area contributed by atoms with Crippen molar-refractivity contribution in [3.05, 3.63) is 0 Å². The first-order valence-corrected chi connectivity index (χ1v) is 3.72. The van der Waals surface area contributed by atoms with Crippen LogP contribution < -0.4 is 0 Å². The van der Waals surface area contributed by atoms with Crippen LogP contribution in [0.25, 0.3) is 0 Å². The summed E-state index contributed by atoms with van der Waals surface area (Å²) in [7, 11) is 1.73. The summed E-state index contributed by atoms with van der Waals surface area (Å²) in [5.41, 5.74) is 0. The van der Waals surface area contributed by atoms with Gasteiger partial charge in [0.25, 0.3) is 0 Å². The molecule has 0 aliphatic carbocycles. The molecule has 0 radical (unpaired) electrons. The van der Waals surface area contributed by atoms with Gasteiger partial charge in [-0.05, 0) is 6.92 Å². The van der Waals surface area contributed by atoms with Gasteiger partial charge in [-0.1, -0.05) is 0 Å². The molecule has 0 bridgehead atoms. The maximum atomic E-state index is 10.8. The highest BCUT2D eigenvalue weighted by molar-refractivity contribution is 5.71. The fraction of sp³-hybridized carbons (Fsp3) is 0.857. The number of esters is 1. The Morgan fingerprint density at radius 3 is 3.09 bits per heavy atom. The highest BCUT2D eigenvalue weighted by Crippen LogP contribution is 2.04. The van der Waals surface area contributed by atoms with Gasteiger partial charge in [-0.2, -0.15) is 5.06 Å². The van der Waals surface area contributed by atoms with Crippen molar-refractivity contribution in [2.24, 2.45) is 0 Å². The summed E-state index contributed by atoms with van der Waals surface area (Å²) in [6.07, 6.45) is 0.892. The summed E-state index contributed by atoms with van der Waals surface area (Å²) in [6, 6.07) is 0. The summed E-state index contributed by atoms with van der Waals surface area (Å²) in [5.74, 6) is -0.223. The molecule has 1 saturated heterocycles. The second kappa shape index (κ2) is 3.69. The maximum absolute atomic E-state index is 10.8. The normalized spacial score (nSPS) is 28.9.